The second kappa shape index (κ2) is 7.88. The number of hydrogen-bond donors (Lipinski definition) is 1. The second-order valence-electron chi connectivity index (χ2n) is 3.64. The molecule has 0 spiro atoms. The molecule has 0 aromatic carbocycles. The molecule has 0 aromatic heterocycles. The van der Waals surface area contributed by atoms with E-state index in [9.17, 15) is 0 Å². The van der Waals surface area contributed by atoms with Crippen LogP contribution in [0, 0.1) is 0 Å². The molecule has 74 valence electrons. The zero-order valence-corrected chi connectivity index (χ0v) is 8.96. The van der Waals surface area contributed by atoms with Gasteiger partial charge in [-0.3, -0.25) is 0 Å². The van der Waals surface area contributed by atoms with Crippen molar-refractivity contribution in [3.8, 4) is 0 Å². The average Bonchev–Trinajstić information content (AvgIpc) is 2.07. The molecule has 1 rings (SSSR count). The monoisotopic (exact) mass is 191 g/mol. The molecule has 1 fully saturated rings. The fourth-order valence-electron chi connectivity index (χ4n) is 1.81. The molecule has 1 nitrogen and oxygen atoms in total. The Balaban J connectivity index is 0.00000121. The predicted octanol–water partition coefficient (Wildman–Crippen LogP) is 3.13. The van der Waals surface area contributed by atoms with E-state index >= 15 is 0 Å². The molecule has 0 bridgehead atoms. The lowest BCUT2D eigenvalue weighted by molar-refractivity contribution is 0.372. The summed E-state index contributed by atoms with van der Waals surface area (Å²) in [6.45, 7) is 3.53. The van der Waals surface area contributed by atoms with Crippen LogP contribution in [0.3, 0.4) is 0 Å². The van der Waals surface area contributed by atoms with E-state index in [1.807, 2.05) is 0 Å². The Morgan fingerprint density at radius 1 is 1.25 bits per heavy atom. The van der Waals surface area contributed by atoms with Crippen molar-refractivity contribution in [2.45, 2.75) is 57.9 Å². The lowest BCUT2D eigenvalue weighted by Gasteiger charge is -2.23. The molecule has 1 unspecified atom stereocenters. The van der Waals surface area contributed by atoms with Gasteiger partial charge in [0.2, 0.25) is 0 Å². The summed E-state index contributed by atoms with van der Waals surface area (Å²) >= 11 is 0. The van der Waals surface area contributed by atoms with Crippen molar-refractivity contribution in [2.75, 3.05) is 6.54 Å². The topological polar surface area (TPSA) is 12.0 Å². The smallest absolute Gasteiger partial charge is 0.00670 e. The van der Waals surface area contributed by atoms with Crippen molar-refractivity contribution in [3.05, 3.63) is 0 Å². The first-order valence-electron chi connectivity index (χ1n) is 5.17. The number of unbranched alkanes of at least 4 members (excludes halogenated alkanes) is 2. The van der Waals surface area contributed by atoms with Gasteiger partial charge in [-0.1, -0.05) is 32.6 Å². The van der Waals surface area contributed by atoms with Gasteiger partial charge in [-0.15, -0.1) is 12.4 Å². The summed E-state index contributed by atoms with van der Waals surface area (Å²) in [4.78, 5) is 0. The first-order valence-corrected chi connectivity index (χ1v) is 5.17. The molecule has 1 aliphatic heterocycles. The maximum atomic E-state index is 3.58. The number of piperidine rings is 1. The first-order chi connectivity index (χ1) is 5.43. The summed E-state index contributed by atoms with van der Waals surface area (Å²) in [5.41, 5.74) is 0. The van der Waals surface area contributed by atoms with Gasteiger partial charge in [0.1, 0.15) is 0 Å². The maximum absolute atomic E-state index is 3.58. The minimum atomic E-state index is 0. The van der Waals surface area contributed by atoms with Crippen LogP contribution in [0.25, 0.3) is 0 Å². The molecule has 0 aliphatic carbocycles. The van der Waals surface area contributed by atoms with Crippen molar-refractivity contribution in [2.24, 2.45) is 0 Å². The van der Waals surface area contributed by atoms with Gasteiger partial charge >= 0.3 is 0 Å². The van der Waals surface area contributed by atoms with E-state index in [1.54, 1.807) is 0 Å². The quantitative estimate of drug-likeness (QED) is 0.674. The fraction of sp³-hybridized carbons (Fsp3) is 1.00. The van der Waals surface area contributed by atoms with Crippen molar-refractivity contribution in [1.29, 1.82) is 0 Å². The van der Waals surface area contributed by atoms with Crippen molar-refractivity contribution in [3.63, 3.8) is 0 Å². The normalized spacial score (nSPS) is 23.2. The van der Waals surface area contributed by atoms with Gasteiger partial charge < -0.3 is 5.32 Å². The van der Waals surface area contributed by atoms with E-state index in [4.69, 9.17) is 0 Å². The Hall–Kier alpha value is 0.250. The number of nitrogens with one attached hydrogen (secondary N) is 1. The summed E-state index contributed by atoms with van der Waals surface area (Å²) in [5, 5.41) is 3.58. The third-order valence-corrected chi connectivity index (χ3v) is 2.57. The van der Waals surface area contributed by atoms with E-state index in [2.05, 4.69) is 12.2 Å². The number of rotatable bonds is 4. The van der Waals surface area contributed by atoms with Crippen molar-refractivity contribution in [1.82, 2.24) is 5.32 Å². The number of halogens is 1. The largest absolute Gasteiger partial charge is 0.314 e. The highest BCUT2D eigenvalue weighted by atomic mass is 35.5. The zero-order chi connectivity index (χ0) is 7.94. The maximum Gasteiger partial charge on any atom is 0.00670 e. The van der Waals surface area contributed by atoms with Gasteiger partial charge in [-0.25, -0.2) is 0 Å². The predicted molar refractivity (Wildman–Crippen MR) is 57.0 cm³/mol. The molecular formula is C10H22ClN. The highest BCUT2D eigenvalue weighted by Gasteiger charge is 2.10. The summed E-state index contributed by atoms with van der Waals surface area (Å²) in [6.07, 6.45) is 9.87. The lowest BCUT2D eigenvalue weighted by atomic mass is 9.99. The van der Waals surface area contributed by atoms with Crippen LogP contribution in [0.4, 0.5) is 0 Å². The molecule has 1 atom stereocenters. The summed E-state index contributed by atoms with van der Waals surface area (Å²) in [5.74, 6) is 0. The summed E-state index contributed by atoms with van der Waals surface area (Å²) in [6, 6.07) is 0.857. The van der Waals surface area contributed by atoms with Crippen LogP contribution in [0.1, 0.15) is 51.9 Å². The minimum Gasteiger partial charge on any atom is -0.314 e. The molecule has 0 saturated carbocycles. The van der Waals surface area contributed by atoms with Gasteiger partial charge in [0.05, 0.1) is 0 Å². The lowest BCUT2D eigenvalue weighted by Crippen LogP contribution is -2.33. The van der Waals surface area contributed by atoms with Crippen LogP contribution in [0.15, 0.2) is 0 Å². The minimum absolute atomic E-state index is 0. The van der Waals surface area contributed by atoms with Gasteiger partial charge in [-0.05, 0) is 25.8 Å². The Labute approximate surface area is 82.7 Å². The third kappa shape index (κ3) is 5.00. The SMILES string of the molecule is CCCCCC1CCCCN1.Cl. The first kappa shape index (κ1) is 12.2. The third-order valence-electron chi connectivity index (χ3n) is 2.57. The molecule has 0 aromatic rings. The Morgan fingerprint density at radius 3 is 2.67 bits per heavy atom. The van der Waals surface area contributed by atoms with Crippen LogP contribution in [0.5, 0.6) is 0 Å². The Morgan fingerprint density at radius 2 is 2.08 bits per heavy atom. The van der Waals surface area contributed by atoms with Crippen molar-refractivity contribution < 1.29 is 0 Å². The second-order valence-corrected chi connectivity index (χ2v) is 3.64. The van der Waals surface area contributed by atoms with E-state index < -0.39 is 0 Å². The Bertz CT molecular complexity index is 89.8. The van der Waals surface area contributed by atoms with Crippen LogP contribution in [-0.2, 0) is 0 Å². The molecule has 1 N–H and O–H groups in total. The van der Waals surface area contributed by atoms with Gasteiger partial charge in [0.25, 0.3) is 0 Å². The van der Waals surface area contributed by atoms with E-state index in [0.717, 1.165) is 6.04 Å². The highest BCUT2D eigenvalue weighted by Crippen LogP contribution is 2.13. The highest BCUT2D eigenvalue weighted by molar-refractivity contribution is 5.85. The van der Waals surface area contributed by atoms with Crippen LogP contribution in [0.2, 0.25) is 0 Å². The van der Waals surface area contributed by atoms with Gasteiger partial charge in [0, 0.05) is 6.04 Å². The van der Waals surface area contributed by atoms with Gasteiger partial charge in [-0.2, -0.15) is 0 Å². The fourth-order valence-corrected chi connectivity index (χ4v) is 1.81. The molecule has 0 amide bonds. The summed E-state index contributed by atoms with van der Waals surface area (Å²) < 4.78 is 0. The molecular weight excluding hydrogens is 170 g/mol. The molecule has 1 heterocycles. The van der Waals surface area contributed by atoms with Crippen LogP contribution >= 0.6 is 12.4 Å². The van der Waals surface area contributed by atoms with E-state index in [0.29, 0.717) is 0 Å². The molecule has 1 saturated heterocycles. The molecule has 0 radical (unpaired) electrons. The Kier molecular flexibility index (Phi) is 8.04. The number of hydrogen-bond acceptors (Lipinski definition) is 1. The van der Waals surface area contributed by atoms with Crippen molar-refractivity contribution >= 4 is 12.4 Å². The standard InChI is InChI=1S/C10H21N.ClH/c1-2-3-4-7-10-8-5-6-9-11-10;/h10-11H,2-9H2,1H3;1H. The van der Waals surface area contributed by atoms with Crippen LogP contribution < -0.4 is 5.32 Å². The van der Waals surface area contributed by atoms with E-state index in [1.165, 1.54) is 51.5 Å². The molecule has 1 aliphatic rings. The zero-order valence-electron chi connectivity index (χ0n) is 8.14. The molecule has 12 heavy (non-hydrogen) atoms. The molecule has 2 heteroatoms. The van der Waals surface area contributed by atoms with Gasteiger partial charge in [0.15, 0.2) is 0 Å². The average molecular weight is 192 g/mol. The van der Waals surface area contributed by atoms with E-state index in [-0.39, 0.29) is 12.4 Å². The summed E-state index contributed by atoms with van der Waals surface area (Å²) in [7, 11) is 0. The van der Waals surface area contributed by atoms with Crippen LogP contribution in [-0.4, -0.2) is 12.6 Å².